The summed E-state index contributed by atoms with van der Waals surface area (Å²) in [6.07, 6.45) is 10.4. The summed E-state index contributed by atoms with van der Waals surface area (Å²) in [5.41, 5.74) is 0. The topological polar surface area (TPSA) is 26.3 Å². The van der Waals surface area contributed by atoms with Crippen LogP contribution < -0.4 is 0 Å². The quantitative estimate of drug-likeness (QED) is 0.357. The molecule has 0 aromatic heterocycles. The summed E-state index contributed by atoms with van der Waals surface area (Å²) in [6.45, 7) is 5.86. The van der Waals surface area contributed by atoms with E-state index in [1.165, 1.54) is 6.08 Å². The molecule has 0 fully saturated rings. The minimum Gasteiger partial charge on any atom is -0.458 e. The highest BCUT2D eigenvalue weighted by Gasteiger charge is 1.91. The van der Waals surface area contributed by atoms with E-state index in [1.54, 1.807) is 18.2 Å². The number of allylic oxidation sites excluding steroid dienone is 3. The molecule has 0 atom stereocenters. The summed E-state index contributed by atoms with van der Waals surface area (Å²) < 4.78 is 4.84. The maximum Gasteiger partial charge on any atom is 0.330 e. The van der Waals surface area contributed by atoms with Gasteiger partial charge in [-0.05, 0) is 12.8 Å². The van der Waals surface area contributed by atoms with Crippen LogP contribution in [-0.2, 0) is 9.53 Å². The summed E-state index contributed by atoms with van der Waals surface area (Å²) in [5, 5.41) is 0. The Balaban J connectivity index is 3.47. The van der Waals surface area contributed by atoms with E-state index >= 15 is 0 Å². The van der Waals surface area contributed by atoms with Gasteiger partial charge in [0.15, 0.2) is 0 Å². The number of carbonyl (C=O) groups excluding carboxylic acids is 1. The molecule has 0 amide bonds. The maximum atomic E-state index is 10.9. The molecule has 0 aromatic carbocycles. The molecule has 0 N–H and O–H groups in total. The second-order valence-corrected chi connectivity index (χ2v) is 2.44. The standard InChI is InChI=1S/C11H16O2/c1-3-5-7-8-10-13-11(12)9-6-4-2/h3,6-9H,1,4-5,10H2,2H3/b8-7+,9-6+. The van der Waals surface area contributed by atoms with Gasteiger partial charge in [0.25, 0.3) is 0 Å². The zero-order valence-corrected chi connectivity index (χ0v) is 8.03. The van der Waals surface area contributed by atoms with Gasteiger partial charge in [-0.3, -0.25) is 0 Å². The smallest absolute Gasteiger partial charge is 0.330 e. The first-order valence-corrected chi connectivity index (χ1v) is 4.40. The second-order valence-electron chi connectivity index (χ2n) is 2.44. The molecule has 0 aliphatic rings. The van der Waals surface area contributed by atoms with E-state index in [4.69, 9.17) is 4.74 Å². The Hall–Kier alpha value is -1.31. The van der Waals surface area contributed by atoms with E-state index in [0.29, 0.717) is 6.61 Å². The van der Waals surface area contributed by atoms with Crippen molar-refractivity contribution in [3.63, 3.8) is 0 Å². The normalized spacial score (nSPS) is 10.8. The summed E-state index contributed by atoms with van der Waals surface area (Å²) in [7, 11) is 0. The Morgan fingerprint density at radius 2 is 2.15 bits per heavy atom. The van der Waals surface area contributed by atoms with Crippen LogP contribution in [0.2, 0.25) is 0 Å². The maximum absolute atomic E-state index is 10.9. The van der Waals surface area contributed by atoms with Crippen LogP contribution in [0, 0.1) is 0 Å². The molecule has 0 saturated carbocycles. The first-order valence-electron chi connectivity index (χ1n) is 4.40. The lowest BCUT2D eigenvalue weighted by atomic mass is 10.4. The Morgan fingerprint density at radius 3 is 2.77 bits per heavy atom. The average Bonchev–Trinajstić information content (AvgIpc) is 2.14. The third-order valence-electron chi connectivity index (χ3n) is 1.28. The lowest BCUT2D eigenvalue weighted by Crippen LogP contribution is -1.99. The van der Waals surface area contributed by atoms with Gasteiger partial charge < -0.3 is 4.74 Å². The molecule has 0 unspecified atom stereocenters. The average molecular weight is 180 g/mol. The van der Waals surface area contributed by atoms with Crippen molar-refractivity contribution in [2.75, 3.05) is 6.61 Å². The first kappa shape index (κ1) is 11.7. The number of hydrogen-bond acceptors (Lipinski definition) is 2. The van der Waals surface area contributed by atoms with Crippen molar-refractivity contribution in [3.05, 3.63) is 37.0 Å². The molecular formula is C11H16O2. The van der Waals surface area contributed by atoms with Crippen LogP contribution in [-0.4, -0.2) is 12.6 Å². The van der Waals surface area contributed by atoms with E-state index in [0.717, 1.165) is 12.8 Å². The summed E-state index contributed by atoms with van der Waals surface area (Å²) in [5.74, 6) is -0.287. The molecule has 2 heteroatoms. The molecular weight excluding hydrogens is 164 g/mol. The summed E-state index contributed by atoms with van der Waals surface area (Å²) in [6, 6.07) is 0. The van der Waals surface area contributed by atoms with Gasteiger partial charge in [0.1, 0.15) is 6.61 Å². The fraction of sp³-hybridized carbons (Fsp3) is 0.364. The predicted molar refractivity (Wildman–Crippen MR) is 54.3 cm³/mol. The molecule has 0 aliphatic heterocycles. The molecule has 13 heavy (non-hydrogen) atoms. The van der Waals surface area contributed by atoms with Gasteiger partial charge in [-0.25, -0.2) is 4.79 Å². The highest BCUT2D eigenvalue weighted by Crippen LogP contribution is 1.87. The van der Waals surface area contributed by atoms with Crippen molar-refractivity contribution in [2.24, 2.45) is 0 Å². The molecule has 0 bridgehead atoms. The Labute approximate surface area is 79.6 Å². The Morgan fingerprint density at radius 1 is 1.38 bits per heavy atom. The van der Waals surface area contributed by atoms with Crippen LogP contribution in [0.15, 0.2) is 37.0 Å². The monoisotopic (exact) mass is 180 g/mol. The fourth-order valence-electron chi connectivity index (χ4n) is 0.653. The van der Waals surface area contributed by atoms with Crippen LogP contribution in [0.25, 0.3) is 0 Å². The number of hydrogen-bond donors (Lipinski definition) is 0. The van der Waals surface area contributed by atoms with Gasteiger partial charge >= 0.3 is 5.97 Å². The molecule has 0 aliphatic carbocycles. The third kappa shape index (κ3) is 8.60. The molecule has 0 spiro atoms. The number of carbonyl (C=O) groups is 1. The number of rotatable bonds is 6. The first-order chi connectivity index (χ1) is 6.31. The van der Waals surface area contributed by atoms with E-state index in [9.17, 15) is 4.79 Å². The predicted octanol–water partition coefficient (Wildman–Crippen LogP) is 2.63. The van der Waals surface area contributed by atoms with Crippen LogP contribution in [0.5, 0.6) is 0 Å². The van der Waals surface area contributed by atoms with Gasteiger partial charge in [0, 0.05) is 6.08 Å². The number of ether oxygens (including phenoxy) is 1. The zero-order valence-electron chi connectivity index (χ0n) is 8.03. The summed E-state index contributed by atoms with van der Waals surface area (Å²) >= 11 is 0. The lowest BCUT2D eigenvalue weighted by Gasteiger charge is -1.95. The van der Waals surface area contributed by atoms with Gasteiger partial charge in [-0.2, -0.15) is 0 Å². The van der Waals surface area contributed by atoms with Crippen molar-refractivity contribution in [1.29, 1.82) is 0 Å². The van der Waals surface area contributed by atoms with E-state index in [-0.39, 0.29) is 5.97 Å². The molecule has 2 nitrogen and oxygen atoms in total. The zero-order chi connectivity index (χ0) is 9.94. The van der Waals surface area contributed by atoms with Gasteiger partial charge in [0.2, 0.25) is 0 Å². The minimum atomic E-state index is -0.287. The van der Waals surface area contributed by atoms with E-state index in [1.807, 2.05) is 13.0 Å². The van der Waals surface area contributed by atoms with Gasteiger partial charge in [-0.15, -0.1) is 6.58 Å². The molecule has 0 radical (unpaired) electrons. The Kier molecular flexibility index (Phi) is 7.90. The largest absolute Gasteiger partial charge is 0.458 e. The molecule has 0 aromatic rings. The number of esters is 1. The van der Waals surface area contributed by atoms with Crippen LogP contribution in [0.3, 0.4) is 0 Å². The molecule has 72 valence electrons. The van der Waals surface area contributed by atoms with Gasteiger partial charge in [-0.1, -0.05) is 31.2 Å². The van der Waals surface area contributed by atoms with Crippen LogP contribution in [0.4, 0.5) is 0 Å². The lowest BCUT2D eigenvalue weighted by molar-refractivity contribution is -0.136. The van der Waals surface area contributed by atoms with Crippen LogP contribution >= 0.6 is 0 Å². The van der Waals surface area contributed by atoms with Crippen molar-refractivity contribution in [1.82, 2.24) is 0 Å². The molecule has 0 saturated heterocycles. The van der Waals surface area contributed by atoms with E-state index < -0.39 is 0 Å². The van der Waals surface area contributed by atoms with E-state index in [2.05, 4.69) is 6.58 Å². The van der Waals surface area contributed by atoms with Crippen LogP contribution in [0.1, 0.15) is 19.8 Å². The van der Waals surface area contributed by atoms with Crippen molar-refractivity contribution in [3.8, 4) is 0 Å². The molecule has 0 heterocycles. The van der Waals surface area contributed by atoms with Crippen molar-refractivity contribution < 1.29 is 9.53 Å². The van der Waals surface area contributed by atoms with Crippen molar-refractivity contribution >= 4 is 5.97 Å². The third-order valence-corrected chi connectivity index (χ3v) is 1.28. The fourth-order valence-corrected chi connectivity index (χ4v) is 0.653. The SMILES string of the molecule is C=CC/C=C/COC(=O)/C=C/CC. The van der Waals surface area contributed by atoms with Crippen molar-refractivity contribution in [2.45, 2.75) is 19.8 Å². The van der Waals surface area contributed by atoms with Gasteiger partial charge in [0.05, 0.1) is 0 Å². The minimum absolute atomic E-state index is 0.287. The summed E-state index contributed by atoms with van der Waals surface area (Å²) in [4.78, 5) is 10.9. The molecule has 0 rings (SSSR count). The Bertz CT molecular complexity index is 202. The second kappa shape index (κ2) is 8.78. The highest BCUT2D eigenvalue weighted by molar-refractivity contribution is 5.81. The highest BCUT2D eigenvalue weighted by atomic mass is 16.5.